The fraction of sp³-hybridized carbons (Fsp3) is 0.867. The van der Waals surface area contributed by atoms with Crippen LogP contribution in [0.4, 0.5) is 4.79 Å². The minimum atomic E-state index is -0.634. The number of hydrogen-bond acceptors (Lipinski definition) is 4. The van der Waals surface area contributed by atoms with Gasteiger partial charge in [0.05, 0.1) is 13.2 Å². The van der Waals surface area contributed by atoms with Crippen LogP contribution < -0.4 is 5.32 Å². The molecular weight excluding hydrogens is 258 g/mol. The lowest BCUT2D eigenvalue weighted by Gasteiger charge is -2.22. The van der Waals surface area contributed by atoms with Crippen LogP contribution >= 0.6 is 0 Å². The zero-order valence-corrected chi connectivity index (χ0v) is 13.2. The maximum absolute atomic E-state index is 12.0. The molecule has 0 fully saturated rings. The summed E-state index contributed by atoms with van der Waals surface area (Å²) < 4.78 is 10.1. The fourth-order valence-corrected chi connectivity index (χ4v) is 1.76. The normalized spacial score (nSPS) is 13.4. The first-order valence-corrected chi connectivity index (χ1v) is 7.66. The molecule has 0 saturated heterocycles. The van der Waals surface area contributed by atoms with Crippen molar-refractivity contribution in [2.24, 2.45) is 5.92 Å². The Labute approximate surface area is 122 Å². The fourth-order valence-electron chi connectivity index (χ4n) is 1.76. The first-order valence-electron chi connectivity index (χ1n) is 7.66. The van der Waals surface area contributed by atoms with Crippen molar-refractivity contribution in [3.05, 3.63) is 0 Å². The molecule has 0 spiro atoms. The Morgan fingerprint density at radius 3 is 2.30 bits per heavy atom. The molecule has 0 aromatic rings. The van der Waals surface area contributed by atoms with Crippen LogP contribution in [0.2, 0.25) is 0 Å². The number of carbonyl (C=O) groups excluding carboxylic acids is 2. The van der Waals surface area contributed by atoms with Gasteiger partial charge in [0.1, 0.15) is 6.04 Å². The Hall–Kier alpha value is -1.26. The molecule has 0 radical (unpaired) electrons. The lowest BCUT2D eigenvalue weighted by molar-refractivity contribution is -0.147. The molecule has 0 aliphatic rings. The highest BCUT2D eigenvalue weighted by Gasteiger charge is 2.27. The van der Waals surface area contributed by atoms with E-state index in [1.165, 1.54) is 0 Å². The molecule has 2 atom stereocenters. The van der Waals surface area contributed by atoms with Crippen LogP contribution in [0.1, 0.15) is 59.8 Å². The molecular formula is C15H29NO4. The van der Waals surface area contributed by atoms with Gasteiger partial charge in [-0.3, -0.25) is 0 Å². The number of unbranched alkanes of at least 4 members (excludes halogenated alkanes) is 3. The first-order chi connectivity index (χ1) is 9.56. The van der Waals surface area contributed by atoms with Crippen LogP contribution in [0.5, 0.6) is 0 Å². The number of carbonyl (C=O) groups is 2. The second kappa shape index (κ2) is 11.6. The van der Waals surface area contributed by atoms with Crippen LogP contribution in [0.15, 0.2) is 0 Å². The van der Waals surface area contributed by atoms with E-state index >= 15 is 0 Å². The third kappa shape index (κ3) is 8.02. The van der Waals surface area contributed by atoms with Crippen molar-refractivity contribution >= 4 is 12.1 Å². The van der Waals surface area contributed by atoms with Gasteiger partial charge in [-0.15, -0.1) is 0 Å². The molecule has 5 heteroatoms. The first kappa shape index (κ1) is 18.7. The smallest absolute Gasteiger partial charge is 0.407 e. The van der Waals surface area contributed by atoms with Gasteiger partial charge in [0.15, 0.2) is 0 Å². The van der Waals surface area contributed by atoms with E-state index in [-0.39, 0.29) is 18.5 Å². The van der Waals surface area contributed by atoms with Crippen molar-refractivity contribution in [1.29, 1.82) is 0 Å². The molecule has 0 aromatic carbocycles. The summed E-state index contributed by atoms with van der Waals surface area (Å²) in [6.07, 6.45) is 4.43. The molecule has 0 aliphatic carbocycles. The van der Waals surface area contributed by atoms with Crippen molar-refractivity contribution in [3.63, 3.8) is 0 Å². The molecule has 5 nitrogen and oxygen atoms in total. The monoisotopic (exact) mass is 287 g/mol. The van der Waals surface area contributed by atoms with Gasteiger partial charge in [-0.25, -0.2) is 9.59 Å². The minimum absolute atomic E-state index is 0.0162. The molecule has 0 aliphatic heterocycles. The zero-order chi connectivity index (χ0) is 15.4. The van der Waals surface area contributed by atoms with E-state index in [2.05, 4.69) is 12.2 Å². The van der Waals surface area contributed by atoms with Crippen LogP contribution in [0.25, 0.3) is 0 Å². The van der Waals surface area contributed by atoms with E-state index in [9.17, 15) is 9.59 Å². The summed E-state index contributed by atoms with van der Waals surface area (Å²) in [6, 6.07) is -0.634. The van der Waals surface area contributed by atoms with E-state index in [1.54, 1.807) is 6.92 Å². The zero-order valence-electron chi connectivity index (χ0n) is 13.2. The Bertz CT molecular complexity index is 281. The largest absolute Gasteiger partial charge is 0.464 e. The summed E-state index contributed by atoms with van der Waals surface area (Å²) in [6.45, 7) is 8.44. The molecule has 0 saturated carbocycles. The Morgan fingerprint density at radius 1 is 1.05 bits per heavy atom. The van der Waals surface area contributed by atoms with Crippen LogP contribution in [0.3, 0.4) is 0 Å². The van der Waals surface area contributed by atoms with Gasteiger partial charge in [0.2, 0.25) is 0 Å². The number of hydrogen-bond donors (Lipinski definition) is 1. The number of amides is 1. The Morgan fingerprint density at radius 2 is 1.75 bits per heavy atom. The van der Waals surface area contributed by atoms with Gasteiger partial charge in [0, 0.05) is 0 Å². The van der Waals surface area contributed by atoms with E-state index < -0.39 is 12.1 Å². The third-order valence-electron chi connectivity index (χ3n) is 3.26. The van der Waals surface area contributed by atoms with Gasteiger partial charge in [-0.05, 0) is 19.3 Å². The highest BCUT2D eigenvalue weighted by molar-refractivity contribution is 5.81. The van der Waals surface area contributed by atoms with E-state index in [0.29, 0.717) is 6.61 Å². The molecule has 2 unspecified atom stereocenters. The number of ether oxygens (including phenoxy) is 2. The highest BCUT2D eigenvalue weighted by Crippen LogP contribution is 2.10. The highest BCUT2D eigenvalue weighted by atomic mass is 16.6. The van der Waals surface area contributed by atoms with E-state index in [0.717, 1.165) is 32.1 Å². The molecule has 118 valence electrons. The summed E-state index contributed by atoms with van der Waals surface area (Å²) in [4.78, 5) is 23.5. The topological polar surface area (TPSA) is 64.6 Å². The predicted octanol–water partition coefficient (Wildman–Crippen LogP) is 3.27. The Kier molecular flexibility index (Phi) is 10.8. The summed E-state index contributed by atoms with van der Waals surface area (Å²) in [5.74, 6) is -0.355. The van der Waals surface area contributed by atoms with Crippen molar-refractivity contribution in [2.45, 2.75) is 65.8 Å². The average molecular weight is 287 g/mol. The maximum atomic E-state index is 12.0. The van der Waals surface area contributed by atoms with Gasteiger partial charge in [-0.1, -0.05) is 46.5 Å². The molecule has 0 heterocycles. The van der Waals surface area contributed by atoms with Crippen LogP contribution in [-0.2, 0) is 14.3 Å². The minimum Gasteiger partial charge on any atom is -0.464 e. The number of esters is 1. The van der Waals surface area contributed by atoms with Gasteiger partial charge in [0.25, 0.3) is 0 Å². The van der Waals surface area contributed by atoms with Crippen molar-refractivity contribution in [1.82, 2.24) is 5.32 Å². The second-order valence-electron chi connectivity index (χ2n) is 4.96. The van der Waals surface area contributed by atoms with Crippen molar-refractivity contribution in [3.8, 4) is 0 Å². The SMILES string of the molecule is CCCCCCOC(=O)C(NC(=O)OCC)C(C)CC. The lowest BCUT2D eigenvalue weighted by Crippen LogP contribution is -2.46. The average Bonchev–Trinajstić information content (AvgIpc) is 2.43. The molecule has 20 heavy (non-hydrogen) atoms. The summed E-state index contributed by atoms with van der Waals surface area (Å²) in [7, 11) is 0. The van der Waals surface area contributed by atoms with Gasteiger partial charge in [-0.2, -0.15) is 0 Å². The summed E-state index contributed by atoms with van der Waals surface area (Å²) >= 11 is 0. The number of rotatable bonds is 10. The number of alkyl carbamates (subject to hydrolysis) is 1. The van der Waals surface area contributed by atoms with Crippen molar-refractivity contribution in [2.75, 3.05) is 13.2 Å². The van der Waals surface area contributed by atoms with E-state index in [1.807, 2.05) is 13.8 Å². The third-order valence-corrected chi connectivity index (χ3v) is 3.26. The van der Waals surface area contributed by atoms with Gasteiger partial charge < -0.3 is 14.8 Å². The summed E-state index contributed by atoms with van der Waals surface area (Å²) in [5.41, 5.74) is 0. The molecule has 0 bridgehead atoms. The van der Waals surface area contributed by atoms with Crippen LogP contribution in [-0.4, -0.2) is 31.3 Å². The molecule has 0 rings (SSSR count). The lowest BCUT2D eigenvalue weighted by atomic mass is 9.99. The number of nitrogens with one attached hydrogen (secondary N) is 1. The maximum Gasteiger partial charge on any atom is 0.407 e. The van der Waals surface area contributed by atoms with Gasteiger partial charge >= 0.3 is 12.1 Å². The molecule has 0 aromatic heterocycles. The molecule has 1 N–H and O–H groups in total. The summed E-state index contributed by atoms with van der Waals surface area (Å²) in [5, 5.41) is 2.58. The van der Waals surface area contributed by atoms with Crippen LogP contribution in [0, 0.1) is 5.92 Å². The second-order valence-corrected chi connectivity index (χ2v) is 4.96. The molecule has 1 amide bonds. The standard InChI is InChI=1S/C15H29NO4/c1-5-8-9-10-11-20-14(17)13(12(4)6-2)16-15(18)19-7-3/h12-13H,5-11H2,1-4H3,(H,16,18). The van der Waals surface area contributed by atoms with E-state index in [4.69, 9.17) is 9.47 Å². The van der Waals surface area contributed by atoms with Crippen molar-refractivity contribution < 1.29 is 19.1 Å². The quantitative estimate of drug-likeness (QED) is 0.495. The predicted molar refractivity (Wildman–Crippen MR) is 78.5 cm³/mol. The Balaban J connectivity index is 4.24.